The third-order valence-corrected chi connectivity index (χ3v) is 6.77. The Bertz CT molecular complexity index is 1550. The van der Waals surface area contributed by atoms with Crippen molar-refractivity contribution in [1.82, 2.24) is 25.2 Å². The zero-order valence-corrected chi connectivity index (χ0v) is 20.2. The number of halogens is 1. The molecule has 0 bridgehead atoms. The van der Waals surface area contributed by atoms with Gasteiger partial charge in [0.1, 0.15) is 17.2 Å². The number of nitrogens with one attached hydrogen (secondary N) is 2. The van der Waals surface area contributed by atoms with Crippen LogP contribution in [0.25, 0.3) is 5.65 Å². The average Bonchev–Trinajstić information content (AvgIpc) is 3.51. The molecule has 2 heterocycles. The van der Waals surface area contributed by atoms with E-state index >= 15 is 0 Å². The molecule has 4 aromatic rings. The van der Waals surface area contributed by atoms with Crippen LogP contribution in [0.15, 0.2) is 54.7 Å². The molecule has 10 heteroatoms. The molecule has 2 aromatic heterocycles. The van der Waals surface area contributed by atoms with Crippen molar-refractivity contribution >= 4 is 23.4 Å². The molecule has 9 nitrogen and oxygen atoms in total. The molecule has 0 saturated heterocycles. The topological polar surface area (TPSA) is 126 Å². The highest BCUT2D eigenvalue weighted by atomic mass is 19.1. The van der Waals surface area contributed by atoms with Crippen molar-refractivity contribution in [3.8, 4) is 0 Å². The van der Waals surface area contributed by atoms with Crippen LogP contribution in [0.4, 0.5) is 4.39 Å². The third kappa shape index (κ3) is 4.53. The van der Waals surface area contributed by atoms with Gasteiger partial charge in [0.15, 0.2) is 5.65 Å². The molecule has 188 valence electrons. The molecule has 0 unspecified atom stereocenters. The van der Waals surface area contributed by atoms with Crippen molar-refractivity contribution in [1.29, 1.82) is 0 Å². The number of benzene rings is 2. The summed E-state index contributed by atoms with van der Waals surface area (Å²) in [6.45, 7) is 3.55. The number of carboxylic acids is 1. The number of hydrogen-bond donors (Lipinski definition) is 3. The lowest BCUT2D eigenvalue weighted by Crippen LogP contribution is -2.31. The summed E-state index contributed by atoms with van der Waals surface area (Å²) in [6, 6.07) is 11.4. The Morgan fingerprint density at radius 3 is 2.59 bits per heavy atom. The van der Waals surface area contributed by atoms with Crippen LogP contribution in [0.1, 0.15) is 79.0 Å². The van der Waals surface area contributed by atoms with E-state index in [1.54, 1.807) is 44.2 Å². The summed E-state index contributed by atoms with van der Waals surface area (Å²) in [5.74, 6) is -2.27. The van der Waals surface area contributed by atoms with Crippen molar-refractivity contribution in [3.05, 3.63) is 99.8 Å². The number of aromatic nitrogens is 3. The maximum atomic E-state index is 13.4. The summed E-state index contributed by atoms with van der Waals surface area (Å²) in [5.41, 5.74) is 4.01. The smallest absolute Gasteiger partial charge is 0.335 e. The van der Waals surface area contributed by atoms with E-state index in [1.807, 2.05) is 0 Å². The van der Waals surface area contributed by atoms with Gasteiger partial charge in [-0.05, 0) is 67.1 Å². The zero-order valence-electron chi connectivity index (χ0n) is 20.2. The highest BCUT2D eigenvalue weighted by molar-refractivity contribution is 5.98. The Balaban J connectivity index is 1.39. The molecule has 0 aliphatic heterocycles. The minimum atomic E-state index is -0.981. The quantitative estimate of drug-likeness (QED) is 0.369. The molecule has 0 fully saturated rings. The Morgan fingerprint density at radius 1 is 1.11 bits per heavy atom. The maximum Gasteiger partial charge on any atom is 0.335 e. The van der Waals surface area contributed by atoms with Crippen molar-refractivity contribution in [2.75, 3.05) is 0 Å². The normalized spacial score (nSPS) is 15.3. The number of aromatic carboxylic acids is 1. The molecule has 37 heavy (non-hydrogen) atoms. The van der Waals surface area contributed by atoms with Gasteiger partial charge in [-0.25, -0.2) is 18.7 Å². The summed E-state index contributed by atoms with van der Waals surface area (Å²) in [6.07, 6.45) is 2.76. The van der Waals surface area contributed by atoms with Crippen LogP contribution in [0, 0.1) is 12.7 Å². The predicted molar refractivity (Wildman–Crippen MR) is 132 cm³/mol. The van der Waals surface area contributed by atoms with Gasteiger partial charge < -0.3 is 15.7 Å². The number of carboxylic acid groups (broad SMARTS) is 1. The minimum absolute atomic E-state index is 0.0425. The van der Waals surface area contributed by atoms with Gasteiger partial charge in [0.2, 0.25) is 0 Å². The van der Waals surface area contributed by atoms with Crippen LogP contribution in [0.5, 0.6) is 0 Å². The van der Waals surface area contributed by atoms with Crippen LogP contribution in [0.3, 0.4) is 0 Å². The van der Waals surface area contributed by atoms with Crippen molar-refractivity contribution in [2.45, 2.75) is 38.8 Å². The molecule has 0 radical (unpaired) electrons. The molecule has 1 aliphatic carbocycles. The minimum Gasteiger partial charge on any atom is -0.478 e. The first-order valence-electron chi connectivity index (χ1n) is 11.8. The van der Waals surface area contributed by atoms with Gasteiger partial charge in [-0.15, -0.1) is 0 Å². The summed E-state index contributed by atoms with van der Waals surface area (Å²) >= 11 is 0. The zero-order chi connectivity index (χ0) is 26.3. The van der Waals surface area contributed by atoms with Crippen LogP contribution >= 0.6 is 0 Å². The fraction of sp³-hybridized carbons (Fsp3) is 0.222. The molecule has 2 aromatic carbocycles. The number of carbonyl (C=O) groups excluding carboxylic acids is 2. The highest BCUT2D eigenvalue weighted by Crippen LogP contribution is 2.35. The van der Waals surface area contributed by atoms with E-state index in [-0.39, 0.29) is 28.8 Å². The Hall–Kier alpha value is -4.60. The molecule has 5 rings (SSSR count). The van der Waals surface area contributed by atoms with E-state index in [0.29, 0.717) is 24.1 Å². The van der Waals surface area contributed by atoms with Crippen LogP contribution in [0.2, 0.25) is 0 Å². The number of carbonyl (C=O) groups is 3. The second-order valence-corrected chi connectivity index (χ2v) is 9.05. The first kappa shape index (κ1) is 24.1. The lowest BCUT2D eigenvalue weighted by atomic mass is 9.98. The van der Waals surface area contributed by atoms with Crippen LogP contribution < -0.4 is 10.6 Å². The van der Waals surface area contributed by atoms with Gasteiger partial charge in [0.05, 0.1) is 23.8 Å². The van der Waals surface area contributed by atoms with Gasteiger partial charge >= 0.3 is 5.97 Å². The summed E-state index contributed by atoms with van der Waals surface area (Å²) in [4.78, 5) is 42.2. The van der Waals surface area contributed by atoms with E-state index in [4.69, 9.17) is 0 Å². The Kier molecular flexibility index (Phi) is 6.16. The van der Waals surface area contributed by atoms with Crippen LogP contribution in [-0.4, -0.2) is 37.5 Å². The van der Waals surface area contributed by atoms with Gasteiger partial charge in [-0.1, -0.05) is 18.2 Å². The SMILES string of the molecule is Cc1c(C(=O)O)ccc2c1CC[C@@H]2NC(=O)c1cc(C(=O)N[C@H](C)c2ccc(F)cc2)nc2ccnn12. The number of hydrogen-bond acceptors (Lipinski definition) is 5. The lowest BCUT2D eigenvalue weighted by Gasteiger charge is -2.17. The second kappa shape index (κ2) is 9.45. The summed E-state index contributed by atoms with van der Waals surface area (Å²) in [5, 5.41) is 19.4. The molecule has 2 amide bonds. The molecular formula is C27H24FN5O4. The van der Waals surface area contributed by atoms with E-state index in [0.717, 1.165) is 16.7 Å². The monoisotopic (exact) mass is 501 g/mol. The van der Waals surface area contributed by atoms with E-state index < -0.39 is 23.8 Å². The molecule has 0 saturated carbocycles. The third-order valence-electron chi connectivity index (χ3n) is 6.77. The summed E-state index contributed by atoms with van der Waals surface area (Å²) in [7, 11) is 0. The fourth-order valence-corrected chi connectivity index (χ4v) is 4.79. The molecule has 0 spiro atoms. The largest absolute Gasteiger partial charge is 0.478 e. The van der Waals surface area contributed by atoms with Crippen molar-refractivity contribution < 1.29 is 23.9 Å². The summed E-state index contributed by atoms with van der Waals surface area (Å²) < 4.78 is 14.6. The number of fused-ring (bicyclic) bond motifs is 2. The predicted octanol–water partition coefficient (Wildman–Crippen LogP) is 3.78. The first-order chi connectivity index (χ1) is 17.7. The van der Waals surface area contributed by atoms with Crippen molar-refractivity contribution in [3.63, 3.8) is 0 Å². The second-order valence-electron chi connectivity index (χ2n) is 9.05. The Labute approximate surface area is 211 Å². The van der Waals surface area contributed by atoms with E-state index in [2.05, 4.69) is 20.7 Å². The standard InChI is InChI=1S/C27H24FN5O4/c1-14-18-9-10-21(20(18)8-7-19(14)27(36)37)32-26(35)23-13-22(31-24-11-12-29-33(23)24)25(34)30-15(2)16-3-5-17(28)6-4-16/h3-8,11-13,15,21H,9-10H2,1-2H3,(H,30,34)(H,32,35)(H,36,37)/t15-,21+/m1/s1. The van der Waals surface area contributed by atoms with Gasteiger partial charge in [-0.2, -0.15) is 5.10 Å². The van der Waals surface area contributed by atoms with Crippen LogP contribution in [-0.2, 0) is 6.42 Å². The molecule has 2 atom stereocenters. The number of nitrogens with zero attached hydrogens (tertiary/aromatic N) is 3. The maximum absolute atomic E-state index is 13.4. The lowest BCUT2D eigenvalue weighted by molar-refractivity contribution is 0.0695. The van der Waals surface area contributed by atoms with Gasteiger partial charge in [0.25, 0.3) is 11.8 Å². The fourth-order valence-electron chi connectivity index (χ4n) is 4.79. The molecule has 3 N–H and O–H groups in total. The first-order valence-corrected chi connectivity index (χ1v) is 11.8. The van der Waals surface area contributed by atoms with Gasteiger partial charge in [-0.3, -0.25) is 9.59 Å². The van der Waals surface area contributed by atoms with Crippen molar-refractivity contribution in [2.24, 2.45) is 0 Å². The van der Waals surface area contributed by atoms with Gasteiger partial charge in [0, 0.05) is 12.1 Å². The van der Waals surface area contributed by atoms with E-state index in [1.165, 1.54) is 28.9 Å². The number of amides is 2. The van der Waals surface area contributed by atoms with E-state index in [9.17, 15) is 23.9 Å². The number of rotatable bonds is 6. The molecule has 1 aliphatic rings. The highest BCUT2D eigenvalue weighted by Gasteiger charge is 2.29. The Morgan fingerprint density at radius 2 is 1.86 bits per heavy atom. The molecular weight excluding hydrogens is 477 g/mol. The average molecular weight is 502 g/mol.